The number of Topliss-reactive ketones (excluding diaryl/α,β-unsaturated/α-hetero) is 1. The maximum atomic E-state index is 13.9. The van der Waals surface area contributed by atoms with Crippen LogP contribution in [0.1, 0.15) is 31.1 Å². The number of carbonyl (C=O) groups excluding carboxylic acids is 1. The average Bonchev–Trinajstić information content (AvgIpc) is 2.28. The highest BCUT2D eigenvalue weighted by Gasteiger charge is 2.31. The van der Waals surface area contributed by atoms with Gasteiger partial charge in [-0.3, -0.25) is 4.79 Å². The van der Waals surface area contributed by atoms with Crippen molar-refractivity contribution in [3.05, 3.63) is 42.1 Å². The van der Waals surface area contributed by atoms with E-state index in [1.54, 1.807) is 26.0 Å². The number of para-hydroxylation sites is 1. The van der Waals surface area contributed by atoms with Crippen LogP contribution in [0.15, 0.2) is 36.5 Å². The van der Waals surface area contributed by atoms with Gasteiger partial charge in [-0.2, -0.15) is 0 Å². The second-order valence-electron chi connectivity index (χ2n) is 4.62. The summed E-state index contributed by atoms with van der Waals surface area (Å²) in [7, 11) is 0. The molecule has 0 aliphatic carbocycles. The van der Waals surface area contributed by atoms with E-state index in [1.807, 2.05) is 0 Å². The van der Waals surface area contributed by atoms with E-state index < -0.39 is 11.8 Å². The number of carbonyl (C=O) groups is 1. The summed E-state index contributed by atoms with van der Waals surface area (Å²) in [6.45, 7) is 8.48. The Morgan fingerprint density at radius 2 is 1.94 bits per heavy atom. The molecule has 1 rings (SSSR count). The summed E-state index contributed by atoms with van der Waals surface area (Å²) in [5, 5.41) is 10.0. The van der Waals surface area contributed by atoms with Crippen LogP contribution in [0.4, 0.5) is 4.48 Å². The molecule has 0 heterocycles. The molecular weight excluding hydrogens is 233 g/mol. The molecule has 98 valence electrons. The van der Waals surface area contributed by atoms with E-state index in [0.29, 0.717) is 5.12 Å². The number of nitrogens with zero attached hydrogens (tertiary/aromatic N) is 1. The van der Waals surface area contributed by atoms with E-state index >= 15 is 0 Å². The van der Waals surface area contributed by atoms with Crippen molar-refractivity contribution in [3.63, 3.8) is 0 Å². The molecule has 0 aliphatic rings. The third-order valence-corrected chi connectivity index (χ3v) is 2.68. The third-order valence-electron chi connectivity index (χ3n) is 2.68. The summed E-state index contributed by atoms with van der Waals surface area (Å²) in [5.41, 5.74) is 0.289. The summed E-state index contributed by atoms with van der Waals surface area (Å²) in [5.74, 6) is -0.823. The van der Waals surface area contributed by atoms with Gasteiger partial charge in [0.2, 0.25) is 0 Å². The predicted molar refractivity (Wildman–Crippen MR) is 68.8 cm³/mol. The molecule has 0 saturated heterocycles. The number of ketones is 1. The number of benzene rings is 1. The van der Waals surface area contributed by atoms with Crippen molar-refractivity contribution in [1.29, 1.82) is 0 Å². The van der Waals surface area contributed by atoms with Gasteiger partial charge in [-0.25, -0.2) is 5.12 Å². The average molecular weight is 251 g/mol. The molecule has 0 radical (unpaired) electrons. The van der Waals surface area contributed by atoms with Crippen molar-refractivity contribution in [2.45, 2.75) is 26.8 Å². The smallest absolute Gasteiger partial charge is 0.192 e. The van der Waals surface area contributed by atoms with Gasteiger partial charge < -0.3 is 5.11 Å². The van der Waals surface area contributed by atoms with Gasteiger partial charge in [-0.05, 0) is 25.0 Å². The van der Waals surface area contributed by atoms with Crippen LogP contribution in [0.3, 0.4) is 0 Å². The molecule has 0 spiro atoms. The first-order valence-corrected chi connectivity index (χ1v) is 5.79. The maximum absolute atomic E-state index is 13.9. The van der Waals surface area contributed by atoms with E-state index in [9.17, 15) is 14.4 Å². The number of phenolic OH excluding ortho intramolecular Hbond substituents is 1. The Labute approximate surface area is 106 Å². The molecule has 1 aromatic carbocycles. The van der Waals surface area contributed by atoms with Crippen LogP contribution in [-0.2, 0) is 0 Å². The number of allylic oxidation sites excluding steroid dienone is 1. The van der Waals surface area contributed by atoms with E-state index in [1.165, 1.54) is 19.1 Å². The van der Waals surface area contributed by atoms with Crippen molar-refractivity contribution < 1.29 is 14.4 Å². The summed E-state index contributed by atoms with van der Waals surface area (Å²) < 4.78 is 13.9. The lowest BCUT2D eigenvalue weighted by Crippen LogP contribution is -2.39. The van der Waals surface area contributed by atoms with Crippen LogP contribution in [0.2, 0.25) is 0 Å². The van der Waals surface area contributed by atoms with Crippen molar-refractivity contribution in [3.8, 4) is 5.75 Å². The molecule has 18 heavy (non-hydrogen) atoms. The van der Waals surface area contributed by atoms with Gasteiger partial charge in [0.25, 0.3) is 0 Å². The van der Waals surface area contributed by atoms with Gasteiger partial charge in [-0.15, -0.1) is 0 Å². The molecule has 0 amide bonds. The number of hydrogen-bond donors (Lipinski definition) is 1. The Balaban J connectivity index is 3.12. The van der Waals surface area contributed by atoms with Gasteiger partial charge in [0.1, 0.15) is 11.8 Å². The van der Waals surface area contributed by atoms with Gasteiger partial charge in [0.15, 0.2) is 5.78 Å². The molecule has 1 unspecified atom stereocenters. The summed E-state index contributed by atoms with van der Waals surface area (Å²) in [4.78, 5) is 12.3. The van der Waals surface area contributed by atoms with Crippen LogP contribution in [0.5, 0.6) is 5.75 Å². The number of phenols is 1. The molecule has 0 aromatic heterocycles. The molecule has 0 fully saturated rings. The monoisotopic (exact) mass is 251 g/mol. The molecule has 1 atom stereocenters. The molecule has 3 nitrogen and oxygen atoms in total. The topological polar surface area (TPSA) is 40.5 Å². The van der Waals surface area contributed by atoms with Crippen molar-refractivity contribution >= 4 is 5.78 Å². The number of rotatable bonds is 5. The Morgan fingerprint density at radius 3 is 2.39 bits per heavy atom. The zero-order valence-electron chi connectivity index (χ0n) is 10.9. The standard InChI is InChI=1S/C14H18FNO2/c1-9(2)13(16(15)10(3)4)14(18)11-7-5-6-8-12(11)17/h5-9,13,17H,3H2,1-2,4H3. The van der Waals surface area contributed by atoms with E-state index in [0.717, 1.165) is 0 Å². The summed E-state index contributed by atoms with van der Waals surface area (Å²) in [6, 6.07) is 5.17. The Kier molecular flexibility index (Phi) is 4.48. The molecule has 4 heteroatoms. The van der Waals surface area contributed by atoms with E-state index in [2.05, 4.69) is 6.58 Å². The van der Waals surface area contributed by atoms with Crippen LogP contribution in [-0.4, -0.2) is 22.1 Å². The van der Waals surface area contributed by atoms with Crippen LogP contribution >= 0.6 is 0 Å². The molecule has 1 N–H and O–H groups in total. The number of halogens is 1. The maximum Gasteiger partial charge on any atom is 0.192 e. The highest BCUT2D eigenvalue weighted by atomic mass is 19.2. The Hall–Kier alpha value is -1.84. The van der Waals surface area contributed by atoms with Crippen molar-refractivity contribution in [1.82, 2.24) is 5.12 Å². The Bertz CT molecular complexity index is 457. The lowest BCUT2D eigenvalue weighted by molar-refractivity contribution is 0.00534. The molecule has 1 aromatic rings. The fourth-order valence-electron chi connectivity index (χ4n) is 1.75. The molecule has 0 bridgehead atoms. The quantitative estimate of drug-likeness (QED) is 0.644. The van der Waals surface area contributed by atoms with Crippen molar-refractivity contribution in [2.24, 2.45) is 5.92 Å². The lowest BCUT2D eigenvalue weighted by atomic mass is 9.94. The molecular formula is C14H18FNO2. The fraction of sp³-hybridized carbons (Fsp3) is 0.357. The molecule has 0 aliphatic heterocycles. The molecule has 0 saturated carbocycles. The third kappa shape index (κ3) is 2.88. The summed E-state index contributed by atoms with van der Waals surface area (Å²) >= 11 is 0. The first kappa shape index (κ1) is 14.2. The van der Waals surface area contributed by atoms with Gasteiger partial charge >= 0.3 is 0 Å². The number of hydrogen-bond acceptors (Lipinski definition) is 3. The van der Waals surface area contributed by atoms with Crippen LogP contribution in [0, 0.1) is 5.92 Å². The summed E-state index contributed by atoms with van der Waals surface area (Å²) in [6.07, 6.45) is 0. The minimum Gasteiger partial charge on any atom is -0.507 e. The first-order chi connectivity index (χ1) is 8.36. The zero-order chi connectivity index (χ0) is 13.9. The van der Waals surface area contributed by atoms with Gasteiger partial charge in [0, 0.05) is 5.70 Å². The minimum atomic E-state index is -0.976. The second kappa shape index (κ2) is 5.67. The first-order valence-electron chi connectivity index (χ1n) is 5.79. The minimum absolute atomic E-state index is 0.125. The second-order valence-corrected chi connectivity index (χ2v) is 4.62. The Morgan fingerprint density at radius 1 is 1.39 bits per heavy atom. The lowest BCUT2D eigenvalue weighted by Gasteiger charge is -2.27. The zero-order valence-corrected chi connectivity index (χ0v) is 10.9. The van der Waals surface area contributed by atoms with Gasteiger partial charge in [-0.1, -0.05) is 37.0 Å². The SMILES string of the molecule is C=C(C)N(F)C(C(=O)c1ccccc1O)C(C)C. The predicted octanol–water partition coefficient (Wildman–Crippen LogP) is 3.32. The van der Waals surface area contributed by atoms with E-state index in [4.69, 9.17) is 0 Å². The number of aromatic hydroxyl groups is 1. The largest absolute Gasteiger partial charge is 0.507 e. The fourth-order valence-corrected chi connectivity index (χ4v) is 1.75. The van der Waals surface area contributed by atoms with Crippen molar-refractivity contribution in [2.75, 3.05) is 0 Å². The van der Waals surface area contributed by atoms with E-state index in [-0.39, 0.29) is 22.9 Å². The highest BCUT2D eigenvalue weighted by Crippen LogP contribution is 2.24. The van der Waals surface area contributed by atoms with Crippen LogP contribution < -0.4 is 0 Å². The normalized spacial score (nSPS) is 12.3. The van der Waals surface area contributed by atoms with Gasteiger partial charge in [0.05, 0.1) is 5.56 Å². The highest BCUT2D eigenvalue weighted by molar-refractivity contribution is 6.02. The van der Waals surface area contributed by atoms with Crippen LogP contribution in [0.25, 0.3) is 0 Å².